The smallest absolute Gasteiger partial charge is 0.481 e. The molecule has 0 amide bonds. The molecule has 17 nitrogen and oxygen atoms in total. The van der Waals surface area contributed by atoms with Gasteiger partial charge in [-0.05, 0) is 159 Å². The number of alkyl halides is 1. The van der Waals surface area contributed by atoms with Gasteiger partial charge in [0.1, 0.15) is 40.4 Å². The third kappa shape index (κ3) is 25.0. The third-order valence-electron chi connectivity index (χ3n) is 17.0. The summed E-state index contributed by atoms with van der Waals surface area (Å²) in [4.78, 5) is 56.4. The van der Waals surface area contributed by atoms with Crippen LogP contribution in [-0.2, 0) is 41.3 Å². The molecule has 3 unspecified atom stereocenters. The van der Waals surface area contributed by atoms with Gasteiger partial charge in [-0.2, -0.15) is 14.9 Å². The zero-order valence-corrected chi connectivity index (χ0v) is 61.8. The Morgan fingerprint density at radius 3 is 1.53 bits per heavy atom. The fourth-order valence-electron chi connectivity index (χ4n) is 10.6. The second-order valence-corrected chi connectivity index (χ2v) is 27.1. The number of anilines is 2. The van der Waals surface area contributed by atoms with Crippen molar-refractivity contribution >= 4 is 76.1 Å². The van der Waals surface area contributed by atoms with Crippen LogP contribution in [-0.4, -0.2) is 112 Å². The summed E-state index contributed by atoms with van der Waals surface area (Å²) in [6.45, 7) is 19.0. The van der Waals surface area contributed by atoms with Crippen molar-refractivity contribution in [2.24, 2.45) is 15.7 Å². The van der Waals surface area contributed by atoms with Gasteiger partial charge in [-0.25, -0.2) is 22.4 Å². The minimum Gasteiger partial charge on any atom is -0.481 e. The number of rotatable bonds is 17. The first-order chi connectivity index (χ1) is 50.4. The number of nitrogens with two attached hydrogens (primary N) is 3. The lowest BCUT2D eigenvalue weighted by atomic mass is 9.79. The number of benzene rings is 7. The van der Waals surface area contributed by atoms with Gasteiger partial charge in [0.05, 0.1) is 68.4 Å². The van der Waals surface area contributed by atoms with Crippen molar-refractivity contribution in [3.05, 3.63) is 267 Å². The SMILES string of the molecule is CC1(C)OB(C2=CCN=C2)OC1(C)C.CCC(C(=O)Cc1ccc(-c2cnn(C(=O)OC(C)(C)C)c2)cc1F)c1ccccc1.CCC(C(=O)O)c1ccccc1.NCC(C(=O)Cc1ccc(-c2cn[nH]c2)cc1F)c1ccccc1.Nc1ccc(Br)cc1F.Nc1ccc(C2=CCN=C2)cc1F.[2H]CF. The number of ether oxygens (including phenoxy) is 1. The molecular formula is C81H90BBrF5N9O8. The van der Waals surface area contributed by atoms with Gasteiger partial charge in [0, 0.05) is 65.7 Å². The molecule has 0 aliphatic carbocycles. The molecule has 2 aromatic heterocycles. The molecule has 0 saturated carbocycles. The van der Waals surface area contributed by atoms with Crippen LogP contribution < -0.4 is 17.2 Å². The molecule has 9 aromatic rings. The fraction of sp³-hybridized carbons (Fsp3) is 0.284. The average Bonchev–Trinajstić information content (AvgIpc) is 1.63. The molecular weight excluding hydrogens is 1410 g/mol. The van der Waals surface area contributed by atoms with E-state index in [1.165, 1.54) is 42.7 Å². The van der Waals surface area contributed by atoms with Crippen molar-refractivity contribution in [1.29, 1.82) is 0 Å². The van der Waals surface area contributed by atoms with Gasteiger partial charge in [0.25, 0.3) is 0 Å². The van der Waals surface area contributed by atoms with Crippen molar-refractivity contribution in [3.8, 4) is 22.3 Å². The first kappa shape index (κ1) is 82.0. The monoisotopic (exact) mass is 1500 g/mol. The molecule has 1 saturated heterocycles. The van der Waals surface area contributed by atoms with E-state index in [1.807, 2.05) is 123 Å². The summed E-state index contributed by atoms with van der Waals surface area (Å²) in [5.41, 5.74) is 24.4. The van der Waals surface area contributed by atoms with E-state index in [0.29, 0.717) is 46.1 Å². The maximum atomic E-state index is 14.8. The fourth-order valence-corrected chi connectivity index (χ4v) is 11.0. The van der Waals surface area contributed by atoms with Crippen LogP contribution in [0, 0.1) is 23.3 Å². The summed E-state index contributed by atoms with van der Waals surface area (Å²) in [6.07, 6.45) is 14.6. The number of hydrogen-bond acceptors (Lipinski definition) is 14. The van der Waals surface area contributed by atoms with E-state index in [9.17, 15) is 41.1 Å². The van der Waals surface area contributed by atoms with Crippen LogP contribution in [0.5, 0.6) is 0 Å². The van der Waals surface area contributed by atoms with Crippen LogP contribution >= 0.6 is 15.9 Å². The van der Waals surface area contributed by atoms with Gasteiger partial charge in [-0.1, -0.05) is 163 Å². The first-order valence-electron chi connectivity index (χ1n) is 34.5. The number of carbonyl (C=O) groups is 4. The molecule has 0 radical (unpaired) electrons. The highest BCUT2D eigenvalue weighted by atomic mass is 79.9. The molecule has 1 fully saturated rings. The van der Waals surface area contributed by atoms with Gasteiger partial charge in [-0.15, -0.1) is 0 Å². The highest BCUT2D eigenvalue weighted by molar-refractivity contribution is 9.10. The van der Waals surface area contributed by atoms with E-state index in [-0.39, 0.29) is 84.1 Å². The molecule has 3 aliphatic rings. The molecule has 552 valence electrons. The standard InChI is InChI=1S/C25H27FN2O3.C19H18FN3O.C10H16BNO2.C10H9FN2.C10H12O2.C6H5BrFN.CH3F/c1-5-21(17-9-7-6-8-10-17)23(29)14-19-12-11-18(13-22(19)26)20-15-27-28(16-20)24(30)31-25(2,3)4;20-18-8-14(16-11-22-23-12-16)6-7-15(18)9-19(24)17(10-21)13-4-2-1-3-5-13;1-9(2)10(3,4)14-11(13-9)8-5-6-12-7-8;11-9-5-7(1-2-10(9)12)8-3-4-13-6-8;1-2-9(10(11)12)8-6-4-3-5-7-8;7-4-1-2-6(9)5(8)3-4;1-2/h6-13,15-16,21H,5,14H2,1-4H3;1-8,11-12,17H,9-10,21H2,(H,22,23);5,7H,6H2,1-4H3;1-3,5-6H,4,12H2;3-7,9H,2H2,1H3,(H,11,12);1-3H,9H2;1H3/i;;;;;;1D. The van der Waals surface area contributed by atoms with Crippen LogP contribution in [0.2, 0.25) is 0 Å². The number of carboxylic acid groups (broad SMARTS) is 1. The number of nitrogens with one attached hydrogen (secondary N) is 1. The van der Waals surface area contributed by atoms with E-state index < -0.39 is 42.4 Å². The number of aliphatic imine (C=N–C) groups is 2. The van der Waals surface area contributed by atoms with Gasteiger partial charge in [0.15, 0.2) is 0 Å². The van der Waals surface area contributed by atoms with Gasteiger partial charge < -0.3 is 36.4 Å². The topological polar surface area (TPSA) is 265 Å². The normalized spacial score (nSPS) is 14.4. The Bertz CT molecular complexity index is 4450. The Labute approximate surface area is 620 Å². The van der Waals surface area contributed by atoms with E-state index in [0.717, 1.165) is 55.7 Å². The number of ketones is 2. The summed E-state index contributed by atoms with van der Waals surface area (Å²) in [5.74, 6) is -3.49. The molecule has 0 spiro atoms. The number of carbonyl (C=O) groups excluding carboxylic acids is 3. The first-order valence-corrected chi connectivity index (χ1v) is 34.6. The number of aromatic nitrogens is 4. The Morgan fingerprint density at radius 2 is 1.10 bits per heavy atom. The molecule has 105 heavy (non-hydrogen) atoms. The van der Waals surface area contributed by atoms with Crippen LogP contribution in [0.3, 0.4) is 0 Å². The second-order valence-electron chi connectivity index (χ2n) is 26.2. The summed E-state index contributed by atoms with van der Waals surface area (Å²) >= 11 is 3.10. The maximum Gasteiger partial charge on any atom is 0.496 e. The van der Waals surface area contributed by atoms with E-state index in [4.69, 9.17) is 37.7 Å². The van der Waals surface area contributed by atoms with E-state index in [2.05, 4.69) is 68.9 Å². The Kier molecular flexibility index (Phi) is 31.3. The third-order valence-corrected chi connectivity index (χ3v) is 17.5. The largest absolute Gasteiger partial charge is 0.496 e. The molecule has 3 atom stereocenters. The summed E-state index contributed by atoms with van der Waals surface area (Å²) in [5, 5.41) is 19.4. The number of carboxylic acids is 1. The van der Waals surface area contributed by atoms with Gasteiger partial charge in [0.2, 0.25) is 0 Å². The number of allylic oxidation sites excluding steroid dienone is 2. The number of hydrogen-bond donors (Lipinski definition) is 5. The number of aliphatic carboxylic acids is 1. The Balaban J connectivity index is 0.000000208. The number of Topliss-reactive ketones (excluding diaryl/α,β-unsaturated/α-hetero) is 2. The zero-order valence-electron chi connectivity index (χ0n) is 61.2. The molecule has 3 aliphatic heterocycles. The molecule has 0 bridgehead atoms. The summed E-state index contributed by atoms with van der Waals surface area (Å²) in [6, 6.07) is 47.1. The van der Waals surface area contributed by atoms with E-state index in [1.54, 1.807) is 81.8 Å². The Morgan fingerprint density at radius 1 is 0.638 bits per heavy atom. The van der Waals surface area contributed by atoms with Crippen molar-refractivity contribution in [2.75, 3.05) is 38.3 Å². The van der Waals surface area contributed by atoms with Gasteiger partial charge >= 0.3 is 19.2 Å². The van der Waals surface area contributed by atoms with Crippen LogP contribution in [0.1, 0.15) is 128 Å². The summed E-state index contributed by atoms with van der Waals surface area (Å²) in [7, 11) is -1.24. The number of nitrogens with zero attached hydrogens (tertiary/aromatic N) is 5. The zero-order chi connectivity index (χ0) is 77.7. The molecule has 12 rings (SSSR count). The molecule has 7 aromatic carbocycles. The summed E-state index contributed by atoms with van der Waals surface area (Å²) < 4.78 is 88.9. The lowest BCUT2D eigenvalue weighted by Gasteiger charge is -2.32. The lowest BCUT2D eigenvalue weighted by molar-refractivity contribution is -0.138. The Hall–Kier alpha value is -10.3. The van der Waals surface area contributed by atoms with Crippen LogP contribution in [0.25, 0.3) is 27.8 Å². The van der Waals surface area contributed by atoms with E-state index >= 15 is 0 Å². The predicted octanol–water partition coefficient (Wildman–Crippen LogP) is 17.4. The minimum atomic E-state index is -1.00. The van der Waals surface area contributed by atoms with Crippen LogP contribution in [0.4, 0.5) is 38.1 Å². The van der Waals surface area contributed by atoms with Crippen LogP contribution in [0.15, 0.2) is 221 Å². The molecule has 8 N–H and O–H groups in total. The maximum absolute atomic E-state index is 14.8. The van der Waals surface area contributed by atoms with Crippen molar-refractivity contribution in [3.63, 3.8) is 0 Å². The van der Waals surface area contributed by atoms with Gasteiger partial charge in [-0.3, -0.25) is 33.9 Å². The highest BCUT2D eigenvalue weighted by Crippen LogP contribution is 2.39. The minimum absolute atomic E-state index is 0.0157. The highest BCUT2D eigenvalue weighted by Gasteiger charge is 2.52. The van der Waals surface area contributed by atoms with Crippen molar-refractivity contribution < 1.29 is 61.7 Å². The quantitative estimate of drug-likeness (QED) is 0.0323. The lowest BCUT2D eigenvalue weighted by Crippen LogP contribution is -2.41. The number of H-pyrrole nitrogens is 1. The molecule has 24 heteroatoms. The number of aromatic amines is 1. The predicted molar refractivity (Wildman–Crippen MR) is 411 cm³/mol. The van der Waals surface area contributed by atoms with Crippen molar-refractivity contribution in [2.45, 2.75) is 123 Å². The average molecular weight is 1500 g/mol. The molecule has 5 heterocycles. The van der Waals surface area contributed by atoms with Crippen molar-refractivity contribution in [1.82, 2.24) is 20.0 Å². The number of halogens is 6. The second kappa shape index (κ2) is 40.1. The number of nitrogen functional groups attached to an aromatic ring is 2.